The first-order valence-corrected chi connectivity index (χ1v) is 9.99. The van der Waals surface area contributed by atoms with Gasteiger partial charge < -0.3 is 26.2 Å². The molecule has 3 atom stereocenters. The highest BCUT2D eigenvalue weighted by molar-refractivity contribution is 6.22. The number of amides is 1. The second-order valence-corrected chi connectivity index (χ2v) is 8.38. The van der Waals surface area contributed by atoms with Gasteiger partial charge in [-0.15, -0.1) is 0 Å². The van der Waals surface area contributed by atoms with Crippen molar-refractivity contribution in [2.75, 3.05) is 0 Å². The number of rotatable bonds is 3. The lowest BCUT2D eigenvalue weighted by Crippen LogP contribution is -2.58. The largest absolute Gasteiger partial charge is 0.508 e. The molecule has 1 aromatic rings. The number of aliphatic hydroxyl groups excluding tert-OH is 2. The molecule has 1 aromatic carbocycles. The maximum Gasteiger partial charge on any atom is 0.255 e. The highest BCUT2D eigenvalue weighted by Crippen LogP contribution is 2.52. The van der Waals surface area contributed by atoms with Gasteiger partial charge in [-0.3, -0.25) is 19.2 Å². The summed E-state index contributed by atoms with van der Waals surface area (Å²) in [6.45, 7) is 1.37. The van der Waals surface area contributed by atoms with Crippen LogP contribution >= 0.6 is 0 Å². The van der Waals surface area contributed by atoms with Gasteiger partial charge in [0.1, 0.15) is 22.8 Å². The lowest BCUT2D eigenvalue weighted by atomic mass is 9.59. The number of aromatic hydroxyl groups is 1. The van der Waals surface area contributed by atoms with E-state index in [4.69, 9.17) is 5.73 Å². The third kappa shape index (κ3) is 2.89. The van der Waals surface area contributed by atoms with Crippen LogP contribution < -0.4 is 5.73 Å². The predicted molar refractivity (Wildman–Crippen MR) is 111 cm³/mol. The number of hydrogen-bond donors (Lipinski definition) is 5. The van der Waals surface area contributed by atoms with Crippen molar-refractivity contribution in [3.63, 3.8) is 0 Å². The fourth-order valence-electron chi connectivity index (χ4n) is 5.01. The van der Waals surface area contributed by atoms with Crippen molar-refractivity contribution >= 4 is 35.1 Å². The first kappa shape index (κ1) is 21.5. The zero-order valence-electron chi connectivity index (χ0n) is 17.1. The molecule has 1 saturated carbocycles. The van der Waals surface area contributed by atoms with Gasteiger partial charge >= 0.3 is 0 Å². The average Bonchev–Trinajstić information content (AvgIpc) is 2.69. The Hall–Kier alpha value is -3.72. The zero-order chi connectivity index (χ0) is 23.5. The molecular formula is C23H21NO8. The average molecular weight is 439 g/mol. The molecule has 3 unspecified atom stereocenters. The molecule has 3 aliphatic rings. The van der Waals surface area contributed by atoms with Crippen molar-refractivity contribution in [1.29, 1.82) is 0 Å². The van der Waals surface area contributed by atoms with E-state index in [9.17, 15) is 39.6 Å². The van der Waals surface area contributed by atoms with Gasteiger partial charge in [0.2, 0.25) is 5.78 Å². The molecule has 32 heavy (non-hydrogen) atoms. The maximum atomic E-state index is 13.4. The summed E-state index contributed by atoms with van der Waals surface area (Å²) in [5.41, 5.74) is 2.60. The Balaban J connectivity index is 1.92. The smallest absolute Gasteiger partial charge is 0.255 e. The molecule has 1 fully saturated rings. The van der Waals surface area contributed by atoms with Crippen LogP contribution in [0, 0.1) is 11.8 Å². The van der Waals surface area contributed by atoms with E-state index in [0.717, 1.165) is 0 Å². The number of phenolic OH excluding ortho intramolecular Hbond substituents is 1. The van der Waals surface area contributed by atoms with E-state index in [2.05, 4.69) is 0 Å². The molecule has 166 valence electrons. The first-order valence-electron chi connectivity index (χ1n) is 9.99. The number of phenols is 1. The number of primary amides is 1. The Morgan fingerprint density at radius 3 is 2.47 bits per heavy atom. The monoisotopic (exact) mass is 439 g/mol. The molecule has 9 heteroatoms. The Bertz CT molecular complexity index is 1200. The SMILES string of the molecule is CC(=O)/C=C/c1ccc(O)c2c1CC1CC3CC(=O)C(C(N)=O)=C(O)C3(O)C(=O)C1=C2O. The lowest BCUT2D eigenvalue weighted by Gasteiger charge is -2.46. The van der Waals surface area contributed by atoms with Crippen LogP contribution in [-0.2, 0) is 25.6 Å². The maximum absolute atomic E-state index is 13.4. The summed E-state index contributed by atoms with van der Waals surface area (Å²) in [5, 5.41) is 43.0. The van der Waals surface area contributed by atoms with Crippen LogP contribution in [0.4, 0.5) is 0 Å². The number of nitrogens with two attached hydrogens (primary N) is 1. The molecule has 0 aliphatic heterocycles. The molecule has 6 N–H and O–H groups in total. The van der Waals surface area contributed by atoms with Crippen LogP contribution in [0.5, 0.6) is 5.75 Å². The molecule has 3 aliphatic carbocycles. The van der Waals surface area contributed by atoms with E-state index in [1.54, 1.807) is 6.07 Å². The van der Waals surface area contributed by atoms with Crippen molar-refractivity contribution in [2.24, 2.45) is 17.6 Å². The van der Waals surface area contributed by atoms with Crippen molar-refractivity contribution in [3.8, 4) is 5.75 Å². The van der Waals surface area contributed by atoms with Crippen LogP contribution in [0.15, 0.2) is 35.1 Å². The summed E-state index contributed by atoms with van der Waals surface area (Å²) in [7, 11) is 0. The van der Waals surface area contributed by atoms with Crippen molar-refractivity contribution in [1.82, 2.24) is 0 Å². The summed E-state index contributed by atoms with van der Waals surface area (Å²) >= 11 is 0. The molecule has 4 rings (SSSR count). The molecule has 0 aromatic heterocycles. The highest BCUT2D eigenvalue weighted by Gasteiger charge is 2.60. The number of aliphatic hydroxyl groups is 3. The van der Waals surface area contributed by atoms with Crippen molar-refractivity contribution < 1.29 is 39.6 Å². The van der Waals surface area contributed by atoms with Crippen LogP contribution in [-0.4, -0.2) is 49.3 Å². The topological polar surface area (TPSA) is 175 Å². The number of benzene rings is 1. The zero-order valence-corrected chi connectivity index (χ0v) is 17.1. The summed E-state index contributed by atoms with van der Waals surface area (Å²) in [6.07, 6.45) is 2.73. The standard InChI is InChI=1S/C23H21NO8/c1-9(25)2-3-10-4-5-14(26)17-13(10)7-11-6-12-8-15(27)18(22(24)31)21(30)23(12,32)20(29)16(11)19(17)28/h2-5,11-12,26,28,30,32H,6-8H2,1H3,(H2,24,31)/b3-2+. The quantitative estimate of drug-likeness (QED) is 0.343. The molecule has 1 amide bonds. The third-order valence-electron chi connectivity index (χ3n) is 6.48. The Kier molecular flexibility index (Phi) is 4.82. The van der Waals surface area contributed by atoms with Gasteiger partial charge in [0.25, 0.3) is 5.91 Å². The molecule has 0 bridgehead atoms. The number of Topliss-reactive ketones (excluding diaryl/α,β-unsaturated/α-hetero) is 2. The van der Waals surface area contributed by atoms with E-state index < -0.39 is 52.0 Å². The molecule has 0 radical (unpaired) electrons. The fourth-order valence-corrected chi connectivity index (χ4v) is 5.01. The predicted octanol–water partition coefficient (Wildman–Crippen LogP) is 1.03. The molecule has 0 saturated heterocycles. The van der Waals surface area contributed by atoms with E-state index >= 15 is 0 Å². The minimum Gasteiger partial charge on any atom is -0.508 e. The van der Waals surface area contributed by atoms with Crippen LogP contribution in [0.2, 0.25) is 0 Å². The second kappa shape index (κ2) is 7.16. The summed E-state index contributed by atoms with van der Waals surface area (Å²) in [6, 6.07) is 2.88. The summed E-state index contributed by atoms with van der Waals surface area (Å²) < 4.78 is 0. The molecule has 0 heterocycles. The second-order valence-electron chi connectivity index (χ2n) is 8.38. The van der Waals surface area contributed by atoms with Crippen LogP contribution in [0.25, 0.3) is 11.8 Å². The lowest BCUT2D eigenvalue weighted by molar-refractivity contribution is -0.147. The van der Waals surface area contributed by atoms with Gasteiger partial charge in [0.15, 0.2) is 17.2 Å². The van der Waals surface area contributed by atoms with Gasteiger partial charge in [-0.25, -0.2) is 0 Å². The number of ketones is 3. The van der Waals surface area contributed by atoms with Crippen molar-refractivity contribution in [2.45, 2.75) is 31.8 Å². The number of carbonyl (C=O) groups excluding carboxylic acids is 4. The number of hydrogen-bond acceptors (Lipinski definition) is 8. The number of allylic oxidation sites excluding steroid dienone is 1. The van der Waals surface area contributed by atoms with E-state index in [-0.39, 0.29) is 41.9 Å². The highest BCUT2D eigenvalue weighted by atomic mass is 16.3. The fraction of sp³-hybridized carbons (Fsp3) is 0.304. The molecule has 9 nitrogen and oxygen atoms in total. The van der Waals surface area contributed by atoms with E-state index in [1.165, 1.54) is 25.1 Å². The van der Waals surface area contributed by atoms with Gasteiger partial charge in [-0.2, -0.15) is 0 Å². The minimum atomic E-state index is -2.59. The Morgan fingerprint density at radius 1 is 1.16 bits per heavy atom. The minimum absolute atomic E-state index is 0.0113. The Labute approximate surface area is 182 Å². The third-order valence-corrected chi connectivity index (χ3v) is 6.48. The molecular weight excluding hydrogens is 418 g/mol. The van der Waals surface area contributed by atoms with Gasteiger partial charge in [0, 0.05) is 17.9 Å². The van der Waals surface area contributed by atoms with Crippen LogP contribution in [0.1, 0.15) is 36.5 Å². The van der Waals surface area contributed by atoms with Gasteiger partial charge in [-0.05, 0) is 49.0 Å². The number of fused-ring (bicyclic) bond motifs is 3. The molecule has 0 spiro atoms. The summed E-state index contributed by atoms with van der Waals surface area (Å²) in [5.74, 6) is -6.90. The van der Waals surface area contributed by atoms with Crippen molar-refractivity contribution in [3.05, 3.63) is 51.8 Å². The van der Waals surface area contributed by atoms with Crippen LogP contribution in [0.3, 0.4) is 0 Å². The normalized spacial score (nSPS) is 27.3. The Morgan fingerprint density at radius 2 is 1.84 bits per heavy atom. The number of carbonyl (C=O) groups is 4. The van der Waals surface area contributed by atoms with Gasteiger partial charge in [0.05, 0.1) is 5.56 Å². The first-order chi connectivity index (χ1) is 15.0. The summed E-state index contributed by atoms with van der Waals surface area (Å²) in [4.78, 5) is 48.7. The van der Waals surface area contributed by atoms with Gasteiger partial charge in [-0.1, -0.05) is 12.1 Å². The van der Waals surface area contributed by atoms with E-state index in [1.807, 2.05) is 0 Å². The van der Waals surface area contributed by atoms with E-state index in [0.29, 0.717) is 11.1 Å².